The number of benzene rings is 3. The van der Waals surface area contributed by atoms with Crippen LogP contribution in [0.5, 0.6) is 34.5 Å². The van der Waals surface area contributed by atoms with Crippen molar-refractivity contribution >= 4 is 17.8 Å². The van der Waals surface area contributed by atoms with Gasteiger partial charge in [-0.15, -0.1) is 0 Å². The third-order valence-corrected chi connectivity index (χ3v) is 6.47. The normalized spacial score (nSPS) is 18.7. The molecule has 6 rings (SSSR count). The van der Waals surface area contributed by atoms with Crippen molar-refractivity contribution in [3.8, 4) is 34.5 Å². The molecule has 0 bridgehead atoms. The molecule has 8 heteroatoms. The largest absolute Gasteiger partial charge is 0.493 e. The molecule has 0 N–H and O–H groups in total. The van der Waals surface area contributed by atoms with Crippen molar-refractivity contribution in [3.63, 3.8) is 0 Å². The summed E-state index contributed by atoms with van der Waals surface area (Å²) in [5.74, 6) is 2.20. The van der Waals surface area contributed by atoms with E-state index in [4.69, 9.17) is 28.4 Å². The van der Waals surface area contributed by atoms with E-state index in [2.05, 4.69) is 0 Å². The van der Waals surface area contributed by atoms with Gasteiger partial charge in [-0.3, -0.25) is 9.59 Å². The van der Waals surface area contributed by atoms with Crippen molar-refractivity contribution in [1.29, 1.82) is 0 Å². The number of ether oxygens (including phenoxy) is 6. The molecule has 182 valence electrons. The van der Waals surface area contributed by atoms with Crippen molar-refractivity contribution in [1.82, 2.24) is 0 Å². The molecule has 3 aliphatic heterocycles. The molecule has 8 nitrogen and oxygen atoms in total. The molecule has 36 heavy (non-hydrogen) atoms. The highest BCUT2D eigenvalue weighted by Crippen LogP contribution is 2.50. The lowest BCUT2D eigenvalue weighted by Gasteiger charge is -2.27. The molecule has 0 aromatic heterocycles. The number of esters is 1. The van der Waals surface area contributed by atoms with Gasteiger partial charge in [0.1, 0.15) is 24.7 Å². The third-order valence-electron chi connectivity index (χ3n) is 6.47. The monoisotopic (exact) mass is 486 g/mol. The van der Waals surface area contributed by atoms with Crippen LogP contribution in [0.2, 0.25) is 0 Å². The molecule has 0 fully saturated rings. The summed E-state index contributed by atoms with van der Waals surface area (Å²) in [5, 5.41) is 0. The van der Waals surface area contributed by atoms with Gasteiger partial charge < -0.3 is 28.4 Å². The van der Waals surface area contributed by atoms with Crippen LogP contribution in [0.1, 0.15) is 39.4 Å². The van der Waals surface area contributed by atoms with Crippen molar-refractivity contribution in [2.75, 3.05) is 27.4 Å². The molecule has 0 radical (unpaired) electrons. The van der Waals surface area contributed by atoms with Gasteiger partial charge in [0, 0.05) is 17.0 Å². The highest BCUT2D eigenvalue weighted by atomic mass is 16.6. The number of allylic oxidation sites excluding steroid dienone is 1. The first-order chi connectivity index (χ1) is 17.6. The maximum atomic E-state index is 13.3. The first kappa shape index (κ1) is 22.0. The van der Waals surface area contributed by atoms with Crippen LogP contribution in [0.15, 0.2) is 54.3 Å². The zero-order valence-electron chi connectivity index (χ0n) is 19.7. The van der Waals surface area contributed by atoms with Gasteiger partial charge in [-0.1, -0.05) is 18.2 Å². The molecule has 0 spiro atoms. The number of carbonyl (C=O) groups is 2. The van der Waals surface area contributed by atoms with Crippen LogP contribution in [-0.2, 0) is 4.79 Å². The Morgan fingerprint density at radius 1 is 0.889 bits per heavy atom. The minimum atomic E-state index is -0.384. The molecular formula is C28H22O8. The molecule has 0 aliphatic carbocycles. The van der Waals surface area contributed by atoms with E-state index in [1.165, 1.54) is 7.11 Å². The summed E-state index contributed by atoms with van der Waals surface area (Å²) in [6, 6.07) is 14.3. The van der Waals surface area contributed by atoms with E-state index in [0.29, 0.717) is 64.4 Å². The SMILES string of the molecule is COc1cccc(C=C2Oc3c(ccc4c3C(c3ccc5c(c3)OCCO5)CC(=O)O4)C2=O)c1OC. The Labute approximate surface area is 206 Å². The maximum Gasteiger partial charge on any atom is 0.312 e. The number of ketones is 1. The highest BCUT2D eigenvalue weighted by Gasteiger charge is 2.39. The van der Waals surface area contributed by atoms with Crippen molar-refractivity contribution < 1.29 is 38.0 Å². The smallest absolute Gasteiger partial charge is 0.312 e. The second-order valence-corrected chi connectivity index (χ2v) is 8.51. The van der Waals surface area contributed by atoms with Gasteiger partial charge in [-0.25, -0.2) is 0 Å². The van der Waals surface area contributed by atoms with Gasteiger partial charge in [0.25, 0.3) is 0 Å². The number of hydrogen-bond acceptors (Lipinski definition) is 8. The van der Waals surface area contributed by atoms with Crippen LogP contribution in [-0.4, -0.2) is 39.2 Å². The van der Waals surface area contributed by atoms with Crippen LogP contribution in [0.4, 0.5) is 0 Å². The van der Waals surface area contributed by atoms with Crippen LogP contribution in [0, 0.1) is 0 Å². The second kappa shape index (κ2) is 8.64. The first-order valence-electron chi connectivity index (χ1n) is 11.5. The summed E-state index contributed by atoms with van der Waals surface area (Å²) in [4.78, 5) is 25.8. The summed E-state index contributed by atoms with van der Waals surface area (Å²) >= 11 is 0. The molecule has 1 atom stereocenters. The summed E-state index contributed by atoms with van der Waals surface area (Å²) in [7, 11) is 3.09. The van der Waals surface area contributed by atoms with Crippen LogP contribution in [0.3, 0.4) is 0 Å². The topological polar surface area (TPSA) is 89.5 Å². The Morgan fingerprint density at radius 3 is 2.50 bits per heavy atom. The quantitative estimate of drug-likeness (QED) is 0.302. The van der Waals surface area contributed by atoms with Gasteiger partial charge in [0.2, 0.25) is 5.78 Å². The van der Waals surface area contributed by atoms with Gasteiger partial charge in [-0.05, 0) is 42.0 Å². The van der Waals surface area contributed by atoms with Crippen LogP contribution < -0.4 is 28.4 Å². The number of carbonyl (C=O) groups excluding carboxylic acids is 2. The molecule has 3 aliphatic rings. The Morgan fingerprint density at radius 2 is 1.69 bits per heavy atom. The molecule has 3 heterocycles. The van der Waals surface area contributed by atoms with Crippen LogP contribution in [0.25, 0.3) is 6.08 Å². The molecule has 3 aromatic carbocycles. The number of fused-ring (bicyclic) bond motifs is 4. The summed E-state index contributed by atoms with van der Waals surface area (Å²) in [6.45, 7) is 0.941. The van der Waals surface area contributed by atoms with Gasteiger partial charge in [0.15, 0.2) is 28.8 Å². The molecule has 0 saturated heterocycles. The van der Waals surface area contributed by atoms with E-state index in [9.17, 15) is 9.59 Å². The highest BCUT2D eigenvalue weighted by molar-refractivity contribution is 6.15. The Bertz CT molecular complexity index is 1440. The lowest BCUT2D eigenvalue weighted by Crippen LogP contribution is -2.22. The third kappa shape index (κ3) is 3.53. The minimum Gasteiger partial charge on any atom is -0.493 e. The van der Waals surface area contributed by atoms with Crippen molar-refractivity contribution in [3.05, 3.63) is 76.5 Å². The zero-order valence-corrected chi connectivity index (χ0v) is 19.7. The Hall–Kier alpha value is -4.46. The first-order valence-corrected chi connectivity index (χ1v) is 11.5. The Balaban J connectivity index is 1.44. The van der Waals surface area contributed by atoms with Crippen molar-refractivity contribution in [2.24, 2.45) is 0 Å². The summed E-state index contributed by atoms with van der Waals surface area (Å²) in [6.07, 6.45) is 1.73. The van der Waals surface area contributed by atoms with E-state index in [1.807, 2.05) is 24.3 Å². The number of methoxy groups -OCH3 is 2. The van der Waals surface area contributed by atoms with Crippen molar-refractivity contribution in [2.45, 2.75) is 12.3 Å². The zero-order chi connectivity index (χ0) is 24.8. The molecule has 0 amide bonds. The lowest BCUT2D eigenvalue weighted by atomic mass is 9.84. The molecule has 0 saturated carbocycles. The lowest BCUT2D eigenvalue weighted by molar-refractivity contribution is -0.135. The average Bonchev–Trinajstić information content (AvgIpc) is 3.22. The van der Waals surface area contributed by atoms with E-state index in [1.54, 1.807) is 37.5 Å². The van der Waals surface area contributed by atoms with Crippen LogP contribution >= 0.6 is 0 Å². The minimum absolute atomic E-state index is 0.101. The average molecular weight is 486 g/mol. The van der Waals surface area contributed by atoms with Gasteiger partial charge in [-0.2, -0.15) is 0 Å². The molecular weight excluding hydrogens is 464 g/mol. The standard InChI is InChI=1S/C28H22O8/c1-31-21-5-3-4-16(27(21)32-2)13-23-26(30)17-7-9-20-25(28(17)36-23)18(14-24(29)35-20)15-6-8-19-22(12-15)34-11-10-33-19/h3-9,12-13,18H,10-11,14H2,1-2H3. The summed E-state index contributed by atoms with van der Waals surface area (Å²) in [5.41, 5.74) is 2.53. The predicted octanol–water partition coefficient (Wildman–Crippen LogP) is 4.53. The van der Waals surface area contributed by atoms with E-state index >= 15 is 0 Å². The second-order valence-electron chi connectivity index (χ2n) is 8.51. The predicted molar refractivity (Wildman–Crippen MR) is 128 cm³/mol. The number of rotatable bonds is 4. The summed E-state index contributed by atoms with van der Waals surface area (Å²) < 4.78 is 33.9. The fraction of sp³-hybridized carbons (Fsp3) is 0.214. The fourth-order valence-corrected chi connectivity index (χ4v) is 4.83. The molecule has 1 unspecified atom stereocenters. The number of para-hydroxylation sites is 1. The van der Waals surface area contributed by atoms with E-state index in [-0.39, 0.29) is 29.9 Å². The maximum absolute atomic E-state index is 13.3. The number of hydrogen-bond donors (Lipinski definition) is 0. The van der Waals surface area contributed by atoms with Gasteiger partial charge in [0.05, 0.1) is 26.2 Å². The van der Waals surface area contributed by atoms with Gasteiger partial charge >= 0.3 is 5.97 Å². The Kier molecular flexibility index (Phi) is 5.29. The fourth-order valence-electron chi connectivity index (χ4n) is 4.83. The van der Waals surface area contributed by atoms with E-state index < -0.39 is 0 Å². The number of Topliss-reactive ketones (excluding diaryl/α,β-unsaturated/α-hetero) is 1. The molecule has 3 aromatic rings. The van der Waals surface area contributed by atoms with E-state index in [0.717, 1.165) is 5.56 Å².